The molecule has 6 heteroatoms. The third kappa shape index (κ3) is 6.68. The highest BCUT2D eigenvalue weighted by Gasteiger charge is 2.13. The van der Waals surface area contributed by atoms with Gasteiger partial charge in [0.05, 0.1) is 13.2 Å². The van der Waals surface area contributed by atoms with E-state index in [0.717, 1.165) is 38.4 Å². The van der Waals surface area contributed by atoms with Crippen LogP contribution in [-0.2, 0) is 20.9 Å². The van der Waals surface area contributed by atoms with Crippen LogP contribution < -0.4 is 5.32 Å². The van der Waals surface area contributed by atoms with Crippen molar-refractivity contribution in [3.8, 4) is 0 Å². The van der Waals surface area contributed by atoms with Gasteiger partial charge in [-0.25, -0.2) is 0 Å². The summed E-state index contributed by atoms with van der Waals surface area (Å²) in [7, 11) is 0. The fraction of sp³-hybridized carbons (Fsp3) is 0.556. The summed E-state index contributed by atoms with van der Waals surface area (Å²) in [6.07, 6.45) is 0.329. The number of benzene rings is 1. The number of hydrogen-bond donors (Lipinski definition) is 1. The third-order valence-electron chi connectivity index (χ3n) is 4.12. The fourth-order valence-electron chi connectivity index (χ4n) is 2.65. The molecule has 1 heterocycles. The SMILES string of the molecule is CC(=O)N(CCC(=O)NCCN1CCOCC1)Cc1ccccc1. The Labute approximate surface area is 143 Å². The van der Waals surface area contributed by atoms with E-state index in [1.54, 1.807) is 11.8 Å². The Bertz CT molecular complexity index is 516. The minimum absolute atomic E-state index is 0.0115. The lowest BCUT2D eigenvalue weighted by Gasteiger charge is -2.26. The van der Waals surface area contributed by atoms with Crippen LogP contribution in [0.15, 0.2) is 30.3 Å². The topological polar surface area (TPSA) is 61.9 Å². The van der Waals surface area contributed by atoms with Gasteiger partial charge in [0, 0.05) is 52.6 Å². The maximum atomic E-state index is 12.0. The number of nitrogens with zero attached hydrogens (tertiary/aromatic N) is 2. The normalized spacial score (nSPS) is 15.0. The van der Waals surface area contributed by atoms with Crippen LogP contribution >= 0.6 is 0 Å². The molecular formula is C18H27N3O3. The van der Waals surface area contributed by atoms with Crippen LogP contribution in [0.2, 0.25) is 0 Å². The summed E-state index contributed by atoms with van der Waals surface area (Å²) in [6, 6.07) is 9.82. The van der Waals surface area contributed by atoms with Crippen molar-refractivity contribution in [1.29, 1.82) is 0 Å². The number of nitrogens with one attached hydrogen (secondary N) is 1. The summed E-state index contributed by atoms with van der Waals surface area (Å²) in [5, 5.41) is 2.93. The van der Waals surface area contributed by atoms with E-state index in [-0.39, 0.29) is 11.8 Å². The van der Waals surface area contributed by atoms with E-state index in [2.05, 4.69) is 10.2 Å². The Balaban J connectivity index is 1.67. The van der Waals surface area contributed by atoms with Gasteiger partial charge in [-0.05, 0) is 5.56 Å². The van der Waals surface area contributed by atoms with Crippen molar-refractivity contribution in [1.82, 2.24) is 15.1 Å². The molecule has 0 spiro atoms. The molecule has 1 fully saturated rings. The molecule has 0 bridgehead atoms. The van der Waals surface area contributed by atoms with Crippen LogP contribution in [0.4, 0.5) is 0 Å². The van der Waals surface area contributed by atoms with Gasteiger partial charge in [-0.15, -0.1) is 0 Å². The average Bonchev–Trinajstić information content (AvgIpc) is 2.60. The smallest absolute Gasteiger partial charge is 0.221 e. The molecular weight excluding hydrogens is 306 g/mol. The van der Waals surface area contributed by atoms with Crippen molar-refractivity contribution >= 4 is 11.8 Å². The molecule has 132 valence electrons. The highest BCUT2D eigenvalue weighted by molar-refractivity contribution is 5.78. The first-order valence-corrected chi connectivity index (χ1v) is 8.51. The largest absolute Gasteiger partial charge is 0.379 e. The molecule has 2 amide bonds. The molecule has 0 atom stereocenters. The van der Waals surface area contributed by atoms with Gasteiger partial charge in [-0.1, -0.05) is 30.3 Å². The first kappa shape index (κ1) is 18.4. The Morgan fingerprint density at radius 3 is 2.58 bits per heavy atom. The Morgan fingerprint density at radius 2 is 1.92 bits per heavy atom. The lowest BCUT2D eigenvalue weighted by molar-refractivity contribution is -0.130. The summed E-state index contributed by atoms with van der Waals surface area (Å²) in [5.41, 5.74) is 1.07. The number of carbonyl (C=O) groups is 2. The molecule has 2 rings (SSSR count). The van der Waals surface area contributed by atoms with Gasteiger partial charge in [0.1, 0.15) is 0 Å². The second-order valence-corrected chi connectivity index (χ2v) is 5.98. The van der Waals surface area contributed by atoms with Gasteiger partial charge in [-0.2, -0.15) is 0 Å². The van der Waals surface area contributed by atoms with Crippen LogP contribution in [-0.4, -0.2) is 67.6 Å². The molecule has 1 aliphatic heterocycles. The Kier molecular flexibility index (Phi) is 7.71. The van der Waals surface area contributed by atoms with Crippen molar-refractivity contribution in [2.75, 3.05) is 45.9 Å². The predicted molar refractivity (Wildman–Crippen MR) is 92.4 cm³/mol. The maximum absolute atomic E-state index is 12.0. The van der Waals surface area contributed by atoms with Crippen molar-refractivity contribution in [3.05, 3.63) is 35.9 Å². The van der Waals surface area contributed by atoms with Crippen molar-refractivity contribution in [2.24, 2.45) is 0 Å². The first-order chi connectivity index (χ1) is 11.6. The monoisotopic (exact) mass is 333 g/mol. The highest BCUT2D eigenvalue weighted by Crippen LogP contribution is 2.05. The van der Waals surface area contributed by atoms with Gasteiger partial charge in [0.2, 0.25) is 11.8 Å². The predicted octanol–water partition coefficient (Wildman–Crippen LogP) is 0.874. The number of amides is 2. The van der Waals surface area contributed by atoms with E-state index in [0.29, 0.717) is 26.1 Å². The van der Waals surface area contributed by atoms with Gasteiger partial charge in [0.15, 0.2) is 0 Å². The van der Waals surface area contributed by atoms with Gasteiger partial charge >= 0.3 is 0 Å². The zero-order valence-corrected chi connectivity index (χ0v) is 14.4. The molecule has 1 N–H and O–H groups in total. The molecule has 1 aliphatic rings. The highest BCUT2D eigenvalue weighted by atomic mass is 16.5. The van der Waals surface area contributed by atoms with E-state index < -0.39 is 0 Å². The van der Waals surface area contributed by atoms with E-state index in [9.17, 15) is 9.59 Å². The van der Waals surface area contributed by atoms with Crippen LogP contribution in [0.1, 0.15) is 18.9 Å². The molecule has 0 aliphatic carbocycles. The zero-order chi connectivity index (χ0) is 17.2. The quantitative estimate of drug-likeness (QED) is 0.767. The second-order valence-electron chi connectivity index (χ2n) is 5.98. The fourth-order valence-corrected chi connectivity index (χ4v) is 2.65. The van der Waals surface area contributed by atoms with Crippen LogP contribution in [0.25, 0.3) is 0 Å². The van der Waals surface area contributed by atoms with E-state index in [4.69, 9.17) is 4.74 Å². The van der Waals surface area contributed by atoms with Crippen LogP contribution in [0.3, 0.4) is 0 Å². The zero-order valence-electron chi connectivity index (χ0n) is 14.4. The van der Waals surface area contributed by atoms with Gasteiger partial charge in [0.25, 0.3) is 0 Å². The Morgan fingerprint density at radius 1 is 1.21 bits per heavy atom. The van der Waals surface area contributed by atoms with Crippen LogP contribution in [0.5, 0.6) is 0 Å². The first-order valence-electron chi connectivity index (χ1n) is 8.51. The number of morpholine rings is 1. The van der Waals surface area contributed by atoms with Gasteiger partial charge < -0.3 is 15.0 Å². The molecule has 24 heavy (non-hydrogen) atoms. The minimum atomic E-state index is -0.0139. The molecule has 1 aromatic carbocycles. The lowest BCUT2D eigenvalue weighted by atomic mass is 10.2. The number of carbonyl (C=O) groups excluding carboxylic acids is 2. The number of hydrogen-bond acceptors (Lipinski definition) is 4. The molecule has 0 aromatic heterocycles. The average molecular weight is 333 g/mol. The lowest BCUT2D eigenvalue weighted by Crippen LogP contribution is -2.41. The summed E-state index contributed by atoms with van der Waals surface area (Å²) < 4.78 is 5.30. The van der Waals surface area contributed by atoms with Crippen molar-refractivity contribution in [2.45, 2.75) is 19.9 Å². The van der Waals surface area contributed by atoms with E-state index in [1.807, 2.05) is 30.3 Å². The number of ether oxygens (including phenoxy) is 1. The maximum Gasteiger partial charge on any atom is 0.221 e. The Hall–Kier alpha value is -1.92. The summed E-state index contributed by atoms with van der Waals surface area (Å²) in [5.74, 6) is -0.0254. The number of rotatable bonds is 8. The van der Waals surface area contributed by atoms with Gasteiger partial charge in [-0.3, -0.25) is 14.5 Å². The summed E-state index contributed by atoms with van der Waals surface area (Å²) >= 11 is 0. The van der Waals surface area contributed by atoms with Crippen LogP contribution in [0, 0.1) is 0 Å². The van der Waals surface area contributed by atoms with Crippen molar-refractivity contribution < 1.29 is 14.3 Å². The van der Waals surface area contributed by atoms with E-state index in [1.165, 1.54) is 0 Å². The second kappa shape index (κ2) is 10.1. The molecule has 0 unspecified atom stereocenters. The van der Waals surface area contributed by atoms with Crippen molar-refractivity contribution in [3.63, 3.8) is 0 Å². The standard InChI is InChI=1S/C18H27N3O3/c1-16(22)21(15-17-5-3-2-4-6-17)9-7-18(23)19-8-10-20-11-13-24-14-12-20/h2-6H,7-15H2,1H3,(H,19,23). The minimum Gasteiger partial charge on any atom is -0.379 e. The van der Waals surface area contributed by atoms with E-state index >= 15 is 0 Å². The molecule has 6 nitrogen and oxygen atoms in total. The molecule has 0 saturated carbocycles. The summed E-state index contributed by atoms with van der Waals surface area (Å²) in [6.45, 7) is 7.37. The summed E-state index contributed by atoms with van der Waals surface area (Å²) in [4.78, 5) is 27.7. The third-order valence-corrected chi connectivity index (χ3v) is 4.12. The molecule has 1 aromatic rings. The molecule has 0 radical (unpaired) electrons. The molecule has 1 saturated heterocycles.